The largest absolute Gasteiger partial charge is 0.389 e. The molecule has 0 aromatic carbocycles. The van der Waals surface area contributed by atoms with E-state index in [0.29, 0.717) is 25.2 Å². The minimum Gasteiger partial charge on any atom is -0.389 e. The van der Waals surface area contributed by atoms with Gasteiger partial charge in [-0.25, -0.2) is 0 Å². The standard InChI is InChI=1S/C11H16N2O5/c14-9-6-17-4-3-8(9)12-10(15)2-1-7-5-11(16)13-18-7/h5,8-9,14H,1-4,6H2,(H,12,15)(H,13,16)/t8-,9-/m0/s1. The molecule has 0 bridgehead atoms. The molecule has 1 fully saturated rings. The third-order valence-corrected chi connectivity index (χ3v) is 2.85. The summed E-state index contributed by atoms with van der Waals surface area (Å²) in [4.78, 5) is 22.4. The Bertz CT molecular complexity index is 452. The zero-order chi connectivity index (χ0) is 13.0. The van der Waals surface area contributed by atoms with Crippen LogP contribution in [0, 0.1) is 0 Å². The summed E-state index contributed by atoms with van der Waals surface area (Å²) in [5, 5.41) is 14.5. The summed E-state index contributed by atoms with van der Waals surface area (Å²) in [6.45, 7) is 0.784. The third-order valence-electron chi connectivity index (χ3n) is 2.85. The van der Waals surface area contributed by atoms with Gasteiger partial charge < -0.3 is 19.7 Å². The van der Waals surface area contributed by atoms with E-state index in [1.54, 1.807) is 0 Å². The number of ether oxygens (including phenoxy) is 1. The lowest BCUT2D eigenvalue weighted by atomic mass is 10.1. The van der Waals surface area contributed by atoms with Gasteiger partial charge in [-0.15, -0.1) is 0 Å². The first-order chi connectivity index (χ1) is 8.65. The van der Waals surface area contributed by atoms with E-state index >= 15 is 0 Å². The number of rotatable bonds is 4. The Hall–Kier alpha value is -1.60. The number of hydrogen-bond acceptors (Lipinski definition) is 5. The monoisotopic (exact) mass is 256 g/mol. The molecule has 3 N–H and O–H groups in total. The normalized spacial score (nSPS) is 23.8. The van der Waals surface area contributed by atoms with Gasteiger partial charge in [0.15, 0.2) is 0 Å². The molecule has 2 heterocycles. The van der Waals surface area contributed by atoms with Crippen molar-refractivity contribution in [3.05, 3.63) is 22.2 Å². The van der Waals surface area contributed by atoms with Crippen LogP contribution in [0.1, 0.15) is 18.6 Å². The van der Waals surface area contributed by atoms with Gasteiger partial charge in [0, 0.05) is 25.5 Å². The Labute approximate surface area is 103 Å². The molecule has 0 radical (unpaired) electrons. The smallest absolute Gasteiger partial charge is 0.280 e. The second-order valence-corrected chi connectivity index (χ2v) is 4.28. The summed E-state index contributed by atoms with van der Waals surface area (Å²) < 4.78 is 9.91. The highest BCUT2D eigenvalue weighted by Crippen LogP contribution is 2.08. The maximum absolute atomic E-state index is 11.6. The molecule has 1 aliphatic rings. The van der Waals surface area contributed by atoms with Crippen LogP contribution >= 0.6 is 0 Å². The summed E-state index contributed by atoms with van der Waals surface area (Å²) in [5.74, 6) is 0.271. The van der Waals surface area contributed by atoms with Crippen molar-refractivity contribution < 1.29 is 19.2 Å². The Morgan fingerprint density at radius 3 is 3.11 bits per heavy atom. The third kappa shape index (κ3) is 3.44. The van der Waals surface area contributed by atoms with Crippen molar-refractivity contribution in [2.75, 3.05) is 13.2 Å². The number of aromatic amines is 1. The quantitative estimate of drug-likeness (QED) is 0.652. The molecule has 1 aliphatic heterocycles. The molecule has 100 valence electrons. The second kappa shape index (κ2) is 5.83. The van der Waals surface area contributed by atoms with Crippen molar-refractivity contribution in [3.63, 3.8) is 0 Å². The second-order valence-electron chi connectivity index (χ2n) is 4.28. The maximum atomic E-state index is 11.6. The number of aliphatic hydroxyl groups excluding tert-OH is 1. The molecule has 0 saturated carbocycles. The Morgan fingerprint density at radius 2 is 2.44 bits per heavy atom. The van der Waals surface area contributed by atoms with Crippen LogP contribution in [0.2, 0.25) is 0 Å². The maximum Gasteiger partial charge on any atom is 0.280 e. The predicted octanol–water partition coefficient (Wildman–Crippen LogP) is -0.833. The molecule has 0 spiro atoms. The summed E-state index contributed by atoms with van der Waals surface area (Å²) in [7, 11) is 0. The van der Waals surface area contributed by atoms with Gasteiger partial charge in [-0.3, -0.25) is 9.59 Å². The van der Waals surface area contributed by atoms with Gasteiger partial charge in [-0.2, -0.15) is 5.16 Å². The van der Waals surface area contributed by atoms with E-state index in [2.05, 4.69) is 10.5 Å². The Kier molecular flexibility index (Phi) is 4.16. The van der Waals surface area contributed by atoms with Crippen molar-refractivity contribution in [3.8, 4) is 0 Å². The van der Waals surface area contributed by atoms with E-state index in [1.807, 2.05) is 0 Å². The molecule has 1 aromatic rings. The van der Waals surface area contributed by atoms with E-state index in [-0.39, 0.29) is 30.5 Å². The molecule has 1 aromatic heterocycles. The summed E-state index contributed by atoms with van der Waals surface area (Å²) in [5.41, 5.74) is -0.315. The SMILES string of the molecule is O=C(CCc1cc(=O)[nH]o1)N[C@H]1CCOC[C@@H]1O. The zero-order valence-electron chi connectivity index (χ0n) is 9.85. The predicted molar refractivity (Wildman–Crippen MR) is 61.0 cm³/mol. The lowest BCUT2D eigenvalue weighted by Gasteiger charge is -2.28. The highest BCUT2D eigenvalue weighted by atomic mass is 16.5. The number of nitrogens with one attached hydrogen (secondary N) is 2. The van der Waals surface area contributed by atoms with Crippen molar-refractivity contribution in [2.45, 2.75) is 31.4 Å². The Balaban J connectivity index is 1.76. The van der Waals surface area contributed by atoms with Crippen LogP contribution in [0.3, 0.4) is 0 Å². The van der Waals surface area contributed by atoms with Crippen LogP contribution in [0.5, 0.6) is 0 Å². The molecule has 7 nitrogen and oxygen atoms in total. The minimum atomic E-state index is -0.659. The van der Waals surface area contributed by atoms with Gasteiger partial charge in [0.25, 0.3) is 5.56 Å². The van der Waals surface area contributed by atoms with Gasteiger partial charge in [0.1, 0.15) is 5.76 Å². The molecule has 0 unspecified atom stereocenters. The first-order valence-electron chi connectivity index (χ1n) is 5.88. The fraction of sp³-hybridized carbons (Fsp3) is 0.636. The summed E-state index contributed by atoms with van der Waals surface area (Å²) >= 11 is 0. The van der Waals surface area contributed by atoms with E-state index in [0.717, 1.165) is 0 Å². The molecular formula is C11H16N2O5. The number of carbonyl (C=O) groups is 1. The van der Waals surface area contributed by atoms with Crippen LogP contribution in [-0.4, -0.2) is 41.5 Å². The van der Waals surface area contributed by atoms with Gasteiger partial charge >= 0.3 is 0 Å². The van der Waals surface area contributed by atoms with Crippen LogP contribution in [-0.2, 0) is 16.0 Å². The van der Waals surface area contributed by atoms with Crippen molar-refractivity contribution in [2.24, 2.45) is 0 Å². The number of aryl methyl sites for hydroxylation is 1. The highest BCUT2D eigenvalue weighted by Gasteiger charge is 2.24. The van der Waals surface area contributed by atoms with E-state index in [1.165, 1.54) is 6.07 Å². The average molecular weight is 256 g/mol. The van der Waals surface area contributed by atoms with E-state index < -0.39 is 6.10 Å². The number of amides is 1. The minimum absolute atomic E-state index is 0.176. The van der Waals surface area contributed by atoms with Gasteiger partial charge in [0.05, 0.1) is 18.8 Å². The first kappa shape index (κ1) is 12.8. The van der Waals surface area contributed by atoms with Crippen LogP contribution in [0.25, 0.3) is 0 Å². The summed E-state index contributed by atoms with van der Waals surface area (Å²) in [6, 6.07) is 1.06. The number of aliphatic hydroxyl groups is 1. The van der Waals surface area contributed by atoms with Crippen LogP contribution in [0.15, 0.2) is 15.4 Å². The fourth-order valence-electron chi connectivity index (χ4n) is 1.85. The number of carbonyl (C=O) groups excluding carboxylic acids is 1. The Morgan fingerprint density at radius 1 is 1.61 bits per heavy atom. The van der Waals surface area contributed by atoms with Crippen molar-refractivity contribution >= 4 is 5.91 Å². The summed E-state index contributed by atoms with van der Waals surface area (Å²) in [6.07, 6.45) is 0.508. The van der Waals surface area contributed by atoms with Crippen LogP contribution < -0.4 is 10.9 Å². The number of aromatic nitrogens is 1. The van der Waals surface area contributed by atoms with Gasteiger partial charge in [-0.05, 0) is 6.42 Å². The molecular weight excluding hydrogens is 240 g/mol. The van der Waals surface area contributed by atoms with E-state index in [4.69, 9.17) is 9.26 Å². The number of hydrogen-bond donors (Lipinski definition) is 3. The van der Waals surface area contributed by atoms with Crippen LogP contribution in [0.4, 0.5) is 0 Å². The van der Waals surface area contributed by atoms with Crippen molar-refractivity contribution in [1.82, 2.24) is 10.5 Å². The molecule has 18 heavy (non-hydrogen) atoms. The lowest BCUT2D eigenvalue weighted by molar-refractivity contribution is -0.124. The topological polar surface area (TPSA) is 105 Å². The highest BCUT2D eigenvalue weighted by molar-refractivity contribution is 5.76. The zero-order valence-corrected chi connectivity index (χ0v) is 9.85. The molecule has 1 saturated heterocycles. The first-order valence-corrected chi connectivity index (χ1v) is 5.88. The fourth-order valence-corrected chi connectivity index (χ4v) is 1.85. The lowest BCUT2D eigenvalue weighted by Crippen LogP contribution is -2.48. The average Bonchev–Trinajstić information content (AvgIpc) is 2.76. The van der Waals surface area contributed by atoms with E-state index in [9.17, 15) is 14.7 Å². The molecule has 2 atom stereocenters. The van der Waals surface area contributed by atoms with Crippen molar-refractivity contribution in [1.29, 1.82) is 0 Å². The molecule has 1 amide bonds. The number of H-pyrrole nitrogens is 1. The van der Waals surface area contributed by atoms with Gasteiger partial charge in [0.2, 0.25) is 5.91 Å². The molecule has 2 rings (SSSR count). The van der Waals surface area contributed by atoms with Gasteiger partial charge in [-0.1, -0.05) is 0 Å². The molecule has 7 heteroatoms. The molecule has 0 aliphatic carbocycles.